The minimum Gasteiger partial charge on any atom is -0.262 e. The van der Waals surface area contributed by atoms with E-state index < -0.39 is 0 Å². The Labute approximate surface area is 67.8 Å². The van der Waals surface area contributed by atoms with E-state index in [2.05, 4.69) is 31.0 Å². The molecule has 0 spiro atoms. The number of aliphatic imine (C=N–C) groups is 1. The van der Waals surface area contributed by atoms with Gasteiger partial charge in [-0.2, -0.15) is 0 Å². The molecule has 0 saturated carbocycles. The predicted octanol–water partition coefficient (Wildman–Crippen LogP) is 3.03. The summed E-state index contributed by atoms with van der Waals surface area (Å²) in [5.74, 6) is 0. The largest absolute Gasteiger partial charge is 0.262 e. The number of nitrogens with zero attached hydrogens (tertiary/aromatic N) is 1. The SMILES string of the molecule is CC=Nc1ccc(C)c(C)c1. The van der Waals surface area contributed by atoms with Crippen molar-refractivity contribution in [3.05, 3.63) is 29.3 Å². The summed E-state index contributed by atoms with van der Waals surface area (Å²) in [6, 6.07) is 6.22. The van der Waals surface area contributed by atoms with Gasteiger partial charge < -0.3 is 0 Å². The molecule has 1 heteroatoms. The summed E-state index contributed by atoms with van der Waals surface area (Å²) in [7, 11) is 0. The third kappa shape index (κ3) is 1.90. The highest BCUT2D eigenvalue weighted by atomic mass is 14.7. The molecule has 1 nitrogen and oxygen atoms in total. The lowest BCUT2D eigenvalue weighted by Gasteiger charge is -1.99. The molecule has 1 rings (SSSR count). The second kappa shape index (κ2) is 3.33. The highest BCUT2D eigenvalue weighted by Gasteiger charge is 1.92. The fraction of sp³-hybridized carbons (Fsp3) is 0.300. The van der Waals surface area contributed by atoms with Crippen molar-refractivity contribution in [3.8, 4) is 0 Å². The first-order chi connectivity index (χ1) is 5.24. The molecule has 0 amide bonds. The fourth-order valence-electron chi connectivity index (χ4n) is 0.955. The summed E-state index contributed by atoms with van der Waals surface area (Å²) in [5.41, 5.74) is 3.66. The molecule has 0 radical (unpaired) electrons. The van der Waals surface area contributed by atoms with Crippen LogP contribution < -0.4 is 0 Å². The standard InChI is InChI=1S/C10H13N/c1-4-11-10-6-5-8(2)9(3)7-10/h4-7H,1-3H3. The first kappa shape index (κ1) is 7.99. The molecule has 0 aliphatic heterocycles. The molecule has 0 aromatic heterocycles. The lowest BCUT2D eigenvalue weighted by Crippen LogP contribution is -1.77. The van der Waals surface area contributed by atoms with Gasteiger partial charge in [-0.3, -0.25) is 4.99 Å². The van der Waals surface area contributed by atoms with Crippen LogP contribution in [0.25, 0.3) is 0 Å². The minimum absolute atomic E-state index is 1.04. The van der Waals surface area contributed by atoms with Gasteiger partial charge in [0.15, 0.2) is 0 Å². The van der Waals surface area contributed by atoms with Crippen molar-refractivity contribution in [2.45, 2.75) is 20.8 Å². The van der Waals surface area contributed by atoms with E-state index in [9.17, 15) is 0 Å². The molecule has 58 valence electrons. The van der Waals surface area contributed by atoms with Crippen LogP contribution in [0.1, 0.15) is 18.1 Å². The van der Waals surface area contributed by atoms with Crippen LogP contribution in [0.5, 0.6) is 0 Å². The fourth-order valence-corrected chi connectivity index (χ4v) is 0.955. The zero-order chi connectivity index (χ0) is 8.27. The van der Waals surface area contributed by atoms with E-state index in [0.717, 1.165) is 5.69 Å². The van der Waals surface area contributed by atoms with E-state index in [-0.39, 0.29) is 0 Å². The molecule has 0 N–H and O–H groups in total. The Balaban J connectivity index is 3.05. The average molecular weight is 147 g/mol. The van der Waals surface area contributed by atoms with Crippen LogP contribution in [0, 0.1) is 13.8 Å². The molecule has 1 aromatic rings. The zero-order valence-corrected chi connectivity index (χ0v) is 7.26. The Morgan fingerprint density at radius 3 is 2.45 bits per heavy atom. The van der Waals surface area contributed by atoms with Crippen LogP contribution in [0.4, 0.5) is 5.69 Å². The molecule has 11 heavy (non-hydrogen) atoms. The van der Waals surface area contributed by atoms with Crippen molar-refractivity contribution in [1.29, 1.82) is 0 Å². The van der Waals surface area contributed by atoms with Crippen LogP contribution in [0.2, 0.25) is 0 Å². The van der Waals surface area contributed by atoms with Gasteiger partial charge in [0.2, 0.25) is 0 Å². The third-order valence-corrected chi connectivity index (χ3v) is 1.77. The molecule has 0 aliphatic rings. The molecule has 0 unspecified atom stereocenters. The monoisotopic (exact) mass is 147 g/mol. The maximum atomic E-state index is 4.18. The van der Waals surface area contributed by atoms with E-state index in [4.69, 9.17) is 0 Å². The molecular weight excluding hydrogens is 134 g/mol. The molecule has 0 aliphatic carbocycles. The van der Waals surface area contributed by atoms with E-state index in [0.29, 0.717) is 0 Å². The summed E-state index contributed by atoms with van der Waals surface area (Å²) in [6.07, 6.45) is 1.81. The van der Waals surface area contributed by atoms with Crippen molar-refractivity contribution < 1.29 is 0 Å². The molecule has 0 atom stereocenters. The smallest absolute Gasteiger partial charge is 0.0628 e. The van der Waals surface area contributed by atoms with Crippen LogP contribution in [0.15, 0.2) is 23.2 Å². The second-order valence-electron chi connectivity index (χ2n) is 2.66. The van der Waals surface area contributed by atoms with E-state index in [1.807, 2.05) is 19.2 Å². The first-order valence-electron chi connectivity index (χ1n) is 3.80. The molecule has 0 saturated heterocycles. The summed E-state index contributed by atoms with van der Waals surface area (Å²) in [6.45, 7) is 6.13. The van der Waals surface area contributed by atoms with Crippen LogP contribution in [-0.2, 0) is 0 Å². The normalized spacial score (nSPS) is 10.8. The van der Waals surface area contributed by atoms with E-state index in [1.165, 1.54) is 11.1 Å². The van der Waals surface area contributed by atoms with Gasteiger partial charge in [-0.25, -0.2) is 0 Å². The van der Waals surface area contributed by atoms with Gasteiger partial charge in [0.05, 0.1) is 5.69 Å². The van der Waals surface area contributed by atoms with E-state index in [1.54, 1.807) is 0 Å². The second-order valence-corrected chi connectivity index (χ2v) is 2.66. The number of hydrogen-bond acceptors (Lipinski definition) is 1. The minimum atomic E-state index is 1.04. The maximum Gasteiger partial charge on any atom is 0.0628 e. The average Bonchev–Trinajstić information content (AvgIpc) is 1.98. The van der Waals surface area contributed by atoms with E-state index >= 15 is 0 Å². The number of aryl methyl sites for hydroxylation is 2. The van der Waals surface area contributed by atoms with Gasteiger partial charge >= 0.3 is 0 Å². The predicted molar refractivity (Wildman–Crippen MR) is 49.7 cm³/mol. The van der Waals surface area contributed by atoms with Crippen molar-refractivity contribution in [2.24, 2.45) is 4.99 Å². The topological polar surface area (TPSA) is 12.4 Å². The van der Waals surface area contributed by atoms with Crippen molar-refractivity contribution in [1.82, 2.24) is 0 Å². The maximum absolute atomic E-state index is 4.18. The highest BCUT2D eigenvalue weighted by Crippen LogP contribution is 2.16. The molecule has 0 heterocycles. The van der Waals surface area contributed by atoms with Crippen LogP contribution in [0.3, 0.4) is 0 Å². The van der Waals surface area contributed by atoms with Crippen LogP contribution in [-0.4, -0.2) is 6.21 Å². The van der Waals surface area contributed by atoms with Gasteiger partial charge in [-0.05, 0) is 44.0 Å². The third-order valence-electron chi connectivity index (χ3n) is 1.77. The Kier molecular flexibility index (Phi) is 2.42. The van der Waals surface area contributed by atoms with Crippen molar-refractivity contribution in [2.75, 3.05) is 0 Å². The van der Waals surface area contributed by atoms with Gasteiger partial charge in [0.25, 0.3) is 0 Å². The Morgan fingerprint density at radius 1 is 1.18 bits per heavy atom. The Morgan fingerprint density at radius 2 is 1.91 bits per heavy atom. The number of benzene rings is 1. The van der Waals surface area contributed by atoms with Gasteiger partial charge in [0, 0.05) is 6.21 Å². The quantitative estimate of drug-likeness (QED) is 0.541. The Hall–Kier alpha value is -1.11. The number of hydrogen-bond donors (Lipinski definition) is 0. The molecular formula is C10H13N. The van der Waals surface area contributed by atoms with Gasteiger partial charge in [-0.15, -0.1) is 0 Å². The number of rotatable bonds is 1. The molecule has 1 aromatic carbocycles. The first-order valence-corrected chi connectivity index (χ1v) is 3.80. The molecule has 0 fully saturated rings. The summed E-state index contributed by atoms with van der Waals surface area (Å²) < 4.78 is 0. The summed E-state index contributed by atoms with van der Waals surface area (Å²) in [5, 5.41) is 0. The van der Waals surface area contributed by atoms with Crippen molar-refractivity contribution >= 4 is 11.9 Å². The Bertz CT molecular complexity index is 274. The highest BCUT2D eigenvalue weighted by molar-refractivity contribution is 5.60. The summed E-state index contributed by atoms with van der Waals surface area (Å²) >= 11 is 0. The van der Waals surface area contributed by atoms with Gasteiger partial charge in [0.1, 0.15) is 0 Å². The van der Waals surface area contributed by atoms with Crippen molar-refractivity contribution in [3.63, 3.8) is 0 Å². The lowest BCUT2D eigenvalue weighted by atomic mass is 10.1. The zero-order valence-electron chi connectivity index (χ0n) is 7.26. The lowest BCUT2D eigenvalue weighted by molar-refractivity contribution is 1.33. The van der Waals surface area contributed by atoms with Crippen LogP contribution >= 0.6 is 0 Å². The van der Waals surface area contributed by atoms with Gasteiger partial charge in [-0.1, -0.05) is 6.07 Å². The summed E-state index contributed by atoms with van der Waals surface area (Å²) in [4.78, 5) is 4.18. The molecule has 0 bridgehead atoms.